The van der Waals surface area contributed by atoms with Crippen LogP contribution in [0.5, 0.6) is 0 Å². The van der Waals surface area contributed by atoms with Crippen LogP contribution < -0.4 is 0 Å². The lowest BCUT2D eigenvalue weighted by atomic mass is 10.1. The molecular formula is C9H16O5. The van der Waals surface area contributed by atoms with E-state index in [4.69, 9.17) is 24.0 Å². The van der Waals surface area contributed by atoms with E-state index in [0.29, 0.717) is 6.42 Å². The zero-order chi connectivity index (χ0) is 10.6. The van der Waals surface area contributed by atoms with Gasteiger partial charge in [0.1, 0.15) is 6.10 Å². The minimum atomic E-state index is -1.54. The van der Waals surface area contributed by atoms with Gasteiger partial charge >= 0.3 is 6.16 Å². The highest BCUT2D eigenvalue weighted by atomic mass is 17.3. The maximum Gasteiger partial charge on any atom is 0.439 e. The predicted octanol–water partition coefficient (Wildman–Crippen LogP) is 1.20. The maximum atomic E-state index is 5.40. The van der Waals surface area contributed by atoms with Crippen LogP contribution in [0.2, 0.25) is 0 Å². The van der Waals surface area contributed by atoms with Gasteiger partial charge in [0, 0.05) is 14.2 Å². The normalized spacial score (nSPS) is 31.4. The average Bonchev–Trinajstić information content (AvgIpc) is 2.21. The quantitative estimate of drug-likeness (QED) is 0.391. The third-order valence-corrected chi connectivity index (χ3v) is 2.03. The van der Waals surface area contributed by atoms with Crippen LogP contribution in [0.1, 0.15) is 13.3 Å². The summed E-state index contributed by atoms with van der Waals surface area (Å²) in [6.07, 6.45) is 0.454. The van der Waals surface area contributed by atoms with Gasteiger partial charge in [0.15, 0.2) is 0 Å². The summed E-state index contributed by atoms with van der Waals surface area (Å²) in [5.74, 6) is 0. The molecule has 14 heavy (non-hydrogen) atoms. The van der Waals surface area contributed by atoms with Gasteiger partial charge in [-0.25, -0.2) is 4.89 Å². The molecule has 2 atom stereocenters. The third-order valence-electron chi connectivity index (χ3n) is 2.03. The third kappa shape index (κ3) is 2.31. The van der Waals surface area contributed by atoms with Gasteiger partial charge in [0.2, 0.25) is 0 Å². The van der Waals surface area contributed by atoms with Crippen molar-refractivity contribution < 1.29 is 24.0 Å². The topological polar surface area (TPSA) is 46.2 Å². The Morgan fingerprint density at radius 3 is 2.50 bits per heavy atom. The molecule has 0 aliphatic carbocycles. The van der Waals surface area contributed by atoms with Crippen molar-refractivity contribution in [1.29, 1.82) is 0 Å². The van der Waals surface area contributed by atoms with Gasteiger partial charge in [-0.1, -0.05) is 6.08 Å². The van der Waals surface area contributed by atoms with E-state index in [1.54, 1.807) is 6.08 Å². The smallest absolute Gasteiger partial charge is 0.305 e. The second-order valence-corrected chi connectivity index (χ2v) is 2.97. The number of ether oxygens (including phenoxy) is 3. The Balaban J connectivity index is 2.56. The molecule has 5 heteroatoms. The Morgan fingerprint density at radius 1 is 1.43 bits per heavy atom. The second kappa shape index (κ2) is 4.86. The molecule has 0 aromatic carbocycles. The van der Waals surface area contributed by atoms with E-state index in [1.807, 2.05) is 6.92 Å². The lowest BCUT2D eigenvalue weighted by Crippen LogP contribution is -2.51. The van der Waals surface area contributed by atoms with Crippen molar-refractivity contribution in [3.63, 3.8) is 0 Å². The fourth-order valence-corrected chi connectivity index (χ4v) is 1.16. The summed E-state index contributed by atoms with van der Waals surface area (Å²) >= 11 is 0. The van der Waals surface area contributed by atoms with E-state index >= 15 is 0 Å². The molecule has 0 bridgehead atoms. The maximum absolute atomic E-state index is 5.40. The van der Waals surface area contributed by atoms with Crippen molar-refractivity contribution in [2.45, 2.75) is 31.7 Å². The fraction of sp³-hybridized carbons (Fsp3) is 0.778. The Morgan fingerprint density at radius 2 is 2.07 bits per heavy atom. The Hall–Kier alpha value is -0.460. The van der Waals surface area contributed by atoms with E-state index in [-0.39, 0.29) is 12.2 Å². The molecule has 0 spiro atoms. The number of hydrogen-bond donors (Lipinski definition) is 0. The standard InChI is InChI=1S/C9H16O5/c1-5-6-8-7(2)12-9(10-3,11-4)14-13-8/h5,7-8H,1,6H2,2-4H3. The monoisotopic (exact) mass is 204 g/mol. The van der Waals surface area contributed by atoms with Crippen LogP contribution >= 0.6 is 0 Å². The summed E-state index contributed by atoms with van der Waals surface area (Å²) in [6, 6.07) is 0. The molecule has 5 nitrogen and oxygen atoms in total. The van der Waals surface area contributed by atoms with Crippen molar-refractivity contribution in [2.24, 2.45) is 0 Å². The first-order valence-corrected chi connectivity index (χ1v) is 4.41. The average molecular weight is 204 g/mol. The molecule has 1 aliphatic heterocycles. The van der Waals surface area contributed by atoms with Gasteiger partial charge in [-0.15, -0.1) is 11.5 Å². The second-order valence-electron chi connectivity index (χ2n) is 2.97. The van der Waals surface area contributed by atoms with Gasteiger partial charge in [0.25, 0.3) is 0 Å². The van der Waals surface area contributed by atoms with Crippen molar-refractivity contribution in [3.8, 4) is 0 Å². The summed E-state index contributed by atoms with van der Waals surface area (Å²) in [7, 11) is 2.82. The number of methoxy groups -OCH3 is 2. The van der Waals surface area contributed by atoms with Crippen LogP contribution in [0.25, 0.3) is 0 Å². The molecule has 82 valence electrons. The van der Waals surface area contributed by atoms with Gasteiger partial charge in [-0.05, 0) is 13.3 Å². The molecule has 2 unspecified atom stereocenters. The minimum absolute atomic E-state index is 0.189. The summed E-state index contributed by atoms with van der Waals surface area (Å²) in [4.78, 5) is 9.97. The lowest BCUT2D eigenvalue weighted by molar-refractivity contribution is -0.625. The first-order chi connectivity index (χ1) is 6.67. The highest BCUT2D eigenvalue weighted by Crippen LogP contribution is 2.27. The molecule has 0 aromatic rings. The summed E-state index contributed by atoms with van der Waals surface area (Å²) < 4.78 is 15.2. The molecule has 1 fully saturated rings. The fourth-order valence-electron chi connectivity index (χ4n) is 1.16. The summed E-state index contributed by atoms with van der Waals surface area (Å²) in [5.41, 5.74) is 0. The van der Waals surface area contributed by atoms with E-state index in [0.717, 1.165) is 0 Å². The molecule has 0 amide bonds. The molecule has 0 saturated carbocycles. The zero-order valence-electron chi connectivity index (χ0n) is 8.69. The molecule has 0 N–H and O–H groups in total. The molecular weight excluding hydrogens is 188 g/mol. The van der Waals surface area contributed by atoms with Crippen molar-refractivity contribution >= 4 is 0 Å². The molecule has 1 rings (SSSR count). The van der Waals surface area contributed by atoms with Crippen LogP contribution in [0.4, 0.5) is 0 Å². The SMILES string of the molecule is C=CCC1OOC(OC)(OC)OC1C. The van der Waals surface area contributed by atoms with Crippen LogP contribution in [0.3, 0.4) is 0 Å². The van der Waals surface area contributed by atoms with Crippen LogP contribution in [0, 0.1) is 0 Å². The summed E-state index contributed by atoms with van der Waals surface area (Å²) in [5, 5.41) is 0. The highest BCUT2D eigenvalue weighted by molar-refractivity contribution is 4.78. The van der Waals surface area contributed by atoms with Gasteiger partial charge in [-0.2, -0.15) is 0 Å². The Labute approximate surface area is 83.5 Å². The number of hydrogen-bond acceptors (Lipinski definition) is 5. The molecule has 0 aromatic heterocycles. The number of rotatable bonds is 4. The lowest BCUT2D eigenvalue weighted by Gasteiger charge is -2.38. The zero-order valence-corrected chi connectivity index (χ0v) is 8.69. The van der Waals surface area contributed by atoms with Crippen LogP contribution in [-0.2, 0) is 24.0 Å². The van der Waals surface area contributed by atoms with Crippen molar-refractivity contribution in [1.82, 2.24) is 0 Å². The van der Waals surface area contributed by atoms with Gasteiger partial charge < -0.3 is 9.47 Å². The first-order valence-electron chi connectivity index (χ1n) is 4.41. The molecule has 1 heterocycles. The van der Waals surface area contributed by atoms with E-state index < -0.39 is 6.16 Å². The summed E-state index contributed by atoms with van der Waals surface area (Å²) in [6.45, 7) is 5.46. The Kier molecular flexibility index (Phi) is 4.03. The van der Waals surface area contributed by atoms with Gasteiger partial charge in [-0.3, -0.25) is 4.74 Å². The van der Waals surface area contributed by atoms with E-state index in [1.165, 1.54) is 14.2 Å². The largest absolute Gasteiger partial charge is 0.439 e. The van der Waals surface area contributed by atoms with Crippen LogP contribution in [-0.4, -0.2) is 32.6 Å². The Bertz CT molecular complexity index is 190. The van der Waals surface area contributed by atoms with E-state index in [2.05, 4.69) is 6.58 Å². The minimum Gasteiger partial charge on any atom is -0.305 e. The van der Waals surface area contributed by atoms with Crippen LogP contribution in [0.15, 0.2) is 12.7 Å². The van der Waals surface area contributed by atoms with Gasteiger partial charge in [0.05, 0.1) is 6.10 Å². The highest BCUT2D eigenvalue weighted by Gasteiger charge is 2.44. The van der Waals surface area contributed by atoms with Crippen molar-refractivity contribution in [2.75, 3.05) is 14.2 Å². The van der Waals surface area contributed by atoms with E-state index in [9.17, 15) is 0 Å². The first kappa shape index (κ1) is 11.6. The molecule has 1 saturated heterocycles. The predicted molar refractivity (Wildman–Crippen MR) is 48.1 cm³/mol. The van der Waals surface area contributed by atoms with Crippen molar-refractivity contribution in [3.05, 3.63) is 12.7 Å². The molecule has 0 radical (unpaired) electrons. The molecule has 1 aliphatic rings.